The zero-order chi connectivity index (χ0) is 58.6. The first-order valence-corrected chi connectivity index (χ1v) is 32.6. The Labute approximate surface area is 519 Å². The third-order valence-electron chi connectivity index (χ3n) is 18.7. The van der Waals surface area contributed by atoms with Crippen LogP contribution in [0.2, 0.25) is 0 Å². The van der Waals surface area contributed by atoms with Crippen molar-refractivity contribution < 1.29 is 9.47 Å². The molecular weight excluding hydrogens is 1100 g/mol. The Kier molecular flexibility index (Phi) is 11.7. The summed E-state index contributed by atoms with van der Waals surface area (Å²) in [4.78, 5) is 9.72. The molecule has 6 nitrogen and oxygen atoms in total. The second kappa shape index (κ2) is 20.4. The van der Waals surface area contributed by atoms with Crippen LogP contribution >= 0.6 is 0 Å². The summed E-state index contributed by atoms with van der Waals surface area (Å²) < 4.78 is 15.8. The van der Waals surface area contributed by atoms with Crippen LogP contribution in [0.15, 0.2) is 333 Å². The first kappa shape index (κ1) is 51.0. The molecule has 0 bridgehead atoms. The van der Waals surface area contributed by atoms with Gasteiger partial charge in [-0.25, -0.2) is 0 Å². The second-order valence-electron chi connectivity index (χ2n) is 23.5. The maximum absolute atomic E-state index is 8.00. The van der Waals surface area contributed by atoms with Gasteiger partial charge in [0.25, 0.3) is 13.4 Å². The van der Waals surface area contributed by atoms with Crippen LogP contribution in [0.3, 0.4) is 0 Å². The van der Waals surface area contributed by atoms with Gasteiger partial charge in [0.1, 0.15) is 17.2 Å². The van der Waals surface area contributed by atoms with Crippen molar-refractivity contribution in [3.8, 4) is 17.2 Å². The molecule has 0 aliphatic carbocycles. The standard InChI is InChI=1S/C80H54B2N4O2Si/c1-9-29-55(30-10-1)83(56-31-11-2-12-32-56)61-49-71-78-72(50-61)86(60-39-19-6-20-40-60)70-54-73-68(53-67(70)81(78)66-46-26-27-47-69(66)85(71)59-37-17-5-18-38-59)82-77-65-45-25-28-48-76(65)89(63-41-21-7-22-42-63,64-43-23-8-24-44-64)80(77)88-75-52-62(51-74(87-73)79(75)82)84(57-33-13-3-14-34-57)58-35-15-4-16-36-58/h1-54H. The predicted octanol–water partition coefficient (Wildman–Crippen LogP) is 14.8. The molecular formula is C80H54B2N4O2Si. The van der Waals surface area contributed by atoms with Crippen LogP contribution in [0.25, 0.3) is 5.47 Å². The molecule has 5 aliphatic heterocycles. The third-order valence-corrected chi connectivity index (χ3v) is 23.4. The zero-order valence-corrected chi connectivity index (χ0v) is 49.4. The highest BCUT2D eigenvalue weighted by molar-refractivity contribution is 7.21. The average Bonchev–Trinajstić information content (AvgIpc) is 1.66. The number of anilines is 12. The fraction of sp³-hybridized carbons (Fsp3) is 0. The Bertz CT molecular complexity index is 4810. The molecule has 13 aromatic carbocycles. The lowest BCUT2D eigenvalue weighted by atomic mass is 9.30. The summed E-state index contributed by atoms with van der Waals surface area (Å²) >= 11 is 0. The second-order valence-corrected chi connectivity index (χ2v) is 27.1. The van der Waals surface area contributed by atoms with Gasteiger partial charge in [0.05, 0.1) is 16.8 Å². The van der Waals surface area contributed by atoms with E-state index in [0.717, 1.165) is 102 Å². The molecule has 5 heterocycles. The fourth-order valence-corrected chi connectivity index (χ4v) is 20.2. The number of nitrogens with zero attached hydrogens (tertiary/aromatic N) is 4. The molecule has 9 heteroatoms. The van der Waals surface area contributed by atoms with E-state index in [1.54, 1.807) is 0 Å². The molecule has 0 saturated carbocycles. The summed E-state index contributed by atoms with van der Waals surface area (Å²) in [5.41, 5.74) is 21.0. The van der Waals surface area contributed by atoms with Crippen LogP contribution in [0.4, 0.5) is 68.2 Å². The molecule has 89 heavy (non-hydrogen) atoms. The lowest BCUT2D eigenvalue weighted by Crippen LogP contribution is -2.68. The molecule has 0 amide bonds. The van der Waals surface area contributed by atoms with E-state index >= 15 is 0 Å². The molecule has 0 spiro atoms. The van der Waals surface area contributed by atoms with Crippen LogP contribution in [0.1, 0.15) is 5.56 Å². The summed E-state index contributed by atoms with van der Waals surface area (Å²) in [6, 6.07) is 120. The predicted molar refractivity (Wildman–Crippen MR) is 373 cm³/mol. The Hall–Kier alpha value is -11.3. The Morgan fingerprint density at radius 1 is 0.292 bits per heavy atom. The number of benzene rings is 13. The van der Waals surface area contributed by atoms with Gasteiger partial charge in [0, 0.05) is 80.5 Å². The van der Waals surface area contributed by atoms with E-state index in [4.69, 9.17) is 9.47 Å². The minimum absolute atomic E-state index is 0.188. The van der Waals surface area contributed by atoms with E-state index in [2.05, 4.69) is 347 Å². The van der Waals surface area contributed by atoms with Crippen molar-refractivity contribution in [2.24, 2.45) is 0 Å². The molecule has 0 N–H and O–H groups in total. The minimum Gasteiger partial charge on any atom is -0.466 e. The smallest absolute Gasteiger partial charge is 0.260 e. The normalized spacial score (nSPS) is 14.0. The SMILES string of the molecule is c1ccc(N(c2ccccc2)c2cc3c4c(c2)Oc2cc5c(cc2B4C2=C(O3)[Si](c3ccccc3)(c3ccccc3)c3ccccc32)B2c3ccccc3N(c3ccccc3)c3cc(N(c4ccccc4)c4ccccc4)cc(c32)N5c2ccccc2)cc1. The van der Waals surface area contributed by atoms with Crippen LogP contribution in [-0.2, 0) is 0 Å². The molecule has 0 aromatic heterocycles. The molecule has 18 rings (SSSR count). The van der Waals surface area contributed by atoms with Crippen molar-refractivity contribution in [1.29, 1.82) is 0 Å². The van der Waals surface area contributed by atoms with Gasteiger partial charge in [0.2, 0.25) is 8.07 Å². The van der Waals surface area contributed by atoms with Gasteiger partial charge in [0.15, 0.2) is 0 Å². The van der Waals surface area contributed by atoms with Crippen molar-refractivity contribution in [2.45, 2.75) is 0 Å². The summed E-state index contributed by atoms with van der Waals surface area (Å²) in [6.07, 6.45) is 0. The Balaban J connectivity index is 0.946. The molecule has 0 atom stereocenters. The molecule has 0 radical (unpaired) electrons. The summed E-state index contributed by atoms with van der Waals surface area (Å²) in [7, 11) is -3.20. The first-order chi connectivity index (χ1) is 44.2. The van der Waals surface area contributed by atoms with Gasteiger partial charge in [-0.15, -0.1) is 0 Å². The van der Waals surface area contributed by atoms with Crippen molar-refractivity contribution in [2.75, 3.05) is 19.6 Å². The van der Waals surface area contributed by atoms with Crippen molar-refractivity contribution in [3.63, 3.8) is 0 Å². The highest BCUT2D eigenvalue weighted by Crippen LogP contribution is 2.52. The first-order valence-electron chi connectivity index (χ1n) is 30.6. The fourth-order valence-electron chi connectivity index (χ4n) is 15.2. The number of para-hydroxylation sites is 7. The van der Waals surface area contributed by atoms with E-state index in [9.17, 15) is 0 Å². The van der Waals surface area contributed by atoms with Gasteiger partial charge < -0.3 is 29.1 Å². The lowest BCUT2D eigenvalue weighted by molar-refractivity contribution is 0.450. The summed E-state index contributed by atoms with van der Waals surface area (Å²) in [5.74, 6) is 2.38. The minimum atomic E-state index is -3.20. The number of hydrogen-bond donors (Lipinski definition) is 0. The number of rotatable bonds is 10. The van der Waals surface area contributed by atoms with E-state index in [0.29, 0.717) is 0 Å². The van der Waals surface area contributed by atoms with Crippen molar-refractivity contribution in [1.82, 2.24) is 0 Å². The van der Waals surface area contributed by atoms with Crippen LogP contribution in [-0.4, -0.2) is 21.5 Å². The average molecular weight is 1150 g/mol. The maximum Gasteiger partial charge on any atom is 0.260 e. The van der Waals surface area contributed by atoms with Crippen molar-refractivity contribution in [3.05, 3.63) is 339 Å². The molecule has 416 valence electrons. The third kappa shape index (κ3) is 7.78. The van der Waals surface area contributed by atoms with Gasteiger partial charge in [-0.3, -0.25) is 0 Å². The van der Waals surface area contributed by atoms with E-state index in [1.165, 1.54) is 43.0 Å². The number of hydrogen-bond acceptors (Lipinski definition) is 6. The number of fused-ring (bicyclic) bond motifs is 9. The Morgan fingerprint density at radius 2 is 0.719 bits per heavy atom. The molecule has 0 unspecified atom stereocenters. The number of ether oxygens (including phenoxy) is 2. The van der Waals surface area contributed by atoms with Gasteiger partial charge in [-0.2, -0.15) is 0 Å². The van der Waals surface area contributed by atoms with E-state index < -0.39 is 8.07 Å². The monoisotopic (exact) mass is 1150 g/mol. The molecule has 5 aliphatic rings. The lowest BCUT2D eigenvalue weighted by Gasteiger charge is -2.45. The van der Waals surface area contributed by atoms with Crippen LogP contribution in [0, 0.1) is 0 Å². The zero-order valence-electron chi connectivity index (χ0n) is 48.4. The van der Waals surface area contributed by atoms with E-state index in [1.807, 2.05) is 0 Å². The van der Waals surface area contributed by atoms with Crippen LogP contribution in [0.5, 0.6) is 17.2 Å². The topological polar surface area (TPSA) is 31.4 Å². The molecule has 0 saturated heterocycles. The molecule has 0 fully saturated rings. The highest BCUT2D eigenvalue weighted by atomic mass is 28.3. The summed E-state index contributed by atoms with van der Waals surface area (Å²) in [5, 5.41) is 4.92. The van der Waals surface area contributed by atoms with Gasteiger partial charge >= 0.3 is 0 Å². The largest absolute Gasteiger partial charge is 0.466 e. The van der Waals surface area contributed by atoms with Crippen molar-refractivity contribution >= 4 is 138 Å². The van der Waals surface area contributed by atoms with Gasteiger partial charge in [-0.1, -0.05) is 218 Å². The quantitative estimate of drug-likeness (QED) is 0.127. The van der Waals surface area contributed by atoms with Gasteiger partial charge in [-0.05, 0) is 139 Å². The highest BCUT2D eigenvalue weighted by Gasteiger charge is 2.58. The summed E-state index contributed by atoms with van der Waals surface area (Å²) in [6.45, 7) is -0.470. The van der Waals surface area contributed by atoms with E-state index in [-0.39, 0.29) is 13.4 Å². The van der Waals surface area contributed by atoms with Crippen LogP contribution < -0.4 is 71.9 Å². The Morgan fingerprint density at radius 3 is 1.25 bits per heavy atom. The molecule has 13 aromatic rings. The maximum atomic E-state index is 8.00.